The monoisotopic (exact) mass is 425 g/mol. The van der Waals surface area contributed by atoms with Crippen LogP contribution in [0.25, 0.3) is 5.57 Å². The molecule has 0 saturated carbocycles. The number of ether oxygens (including phenoxy) is 1. The van der Waals surface area contributed by atoms with E-state index in [0.29, 0.717) is 16.8 Å². The summed E-state index contributed by atoms with van der Waals surface area (Å²) in [6.45, 7) is 6.68. The molecule has 0 saturated heterocycles. The second-order valence-corrected chi connectivity index (χ2v) is 8.87. The standard InChI is InChI=1S/C28H27NO3/c1-18-17-28(2,3)24-15-12-21(16-23(24)25(18)19-8-6-5-7-9-19)26(30)29-22-13-10-20(11-14-22)27(31)32-4/h5-16H,17H2,1-4H3,(H,29,30). The van der Waals surface area contributed by atoms with E-state index < -0.39 is 5.97 Å². The number of nitrogens with one attached hydrogen (secondary N) is 1. The van der Waals surface area contributed by atoms with E-state index >= 15 is 0 Å². The number of rotatable bonds is 4. The van der Waals surface area contributed by atoms with Crippen LogP contribution >= 0.6 is 0 Å². The first-order chi connectivity index (χ1) is 15.3. The summed E-state index contributed by atoms with van der Waals surface area (Å²) in [5.41, 5.74) is 7.71. The number of fused-ring (bicyclic) bond motifs is 1. The predicted octanol–water partition coefficient (Wildman–Crippen LogP) is 6.23. The molecule has 1 aliphatic carbocycles. The fourth-order valence-corrected chi connectivity index (χ4v) is 4.58. The number of hydrogen-bond donors (Lipinski definition) is 1. The zero-order valence-electron chi connectivity index (χ0n) is 18.9. The quantitative estimate of drug-likeness (QED) is 0.504. The topological polar surface area (TPSA) is 55.4 Å². The Morgan fingerprint density at radius 3 is 2.22 bits per heavy atom. The lowest BCUT2D eigenvalue weighted by molar-refractivity contribution is 0.0600. The average molecular weight is 426 g/mol. The van der Waals surface area contributed by atoms with E-state index in [-0.39, 0.29) is 11.3 Å². The van der Waals surface area contributed by atoms with E-state index in [0.717, 1.165) is 17.5 Å². The van der Waals surface area contributed by atoms with Crippen molar-refractivity contribution in [1.29, 1.82) is 0 Å². The maximum absolute atomic E-state index is 13.0. The third kappa shape index (κ3) is 4.09. The zero-order valence-corrected chi connectivity index (χ0v) is 18.9. The highest BCUT2D eigenvalue weighted by atomic mass is 16.5. The Kier molecular flexibility index (Phi) is 5.70. The highest BCUT2D eigenvalue weighted by Gasteiger charge is 2.32. The number of anilines is 1. The molecule has 0 bridgehead atoms. The van der Waals surface area contributed by atoms with Gasteiger partial charge in [0.05, 0.1) is 12.7 Å². The van der Waals surface area contributed by atoms with Crippen molar-refractivity contribution in [3.05, 3.63) is 106 Å². The zero-order chi connectivity index (χ0) is 22.9. The SMILES string of the molecule is COC(=O)c1ccc(NC(=O)c2ccc3c(c2)C(c2ccccc2)=C(C)CC3(C)C)cc1. The van der Waals surface area contributed by atoms with Crippen molar-refractivity contribution in [2.45, 2.75) is 32.6 Å². The van der Waals surface area contributed by atoms with Gasteiger partial charge in [-0.1, -0.05) is 55.8 Å². The lowest BCUT2D eigenvalue weighted by atomic mass is 9.69. The summed E-state index contributed by atoms with van der Waals surface area (Å²) in [5, 5.41) is 2.93. The smallest absolute Gasteiger partial charge is 0.337 e. The van der Waals surface area contributed by atoms with Crippen LogP contribution in [0.1, 0.15) is 64.6 Å². The molecule has 4 heteroatoms. The minimum Gasteiger partial charge on any atom is -0.465 e. The van der Waals surface area contributed by atoms with Crippen LogP contribution in [0, 0.1) is 0 Å². The van der Waals surface area contributed by atoms with Crippen LogP contribution in [0.5, 0.6) is 0 Å². The third-order valence-corrected chi connectivity index (χ3v) is 6.04. The van der Waals surface area contributed by atoms with Crippen molar-refractivity contribution in [2.75, 3.05) is 12.4 Å². The van der Waals surface area contributed by atoms with Gasteiger partial charge in [0.25, 0.3) is 5.91 Å². The van der Waals surface area contributed by atoms with Crippen LogP contribution in [0.3, 0.4) is 0 Å². The van der Waals surface area contributed by atoms with E-state index in [4.69, 9.17) is 4.74 Å². The number of benzene rings is 3. The second-order valence-electron chi connectivity index (χ2n) is 8.87. The van der Waals surface area contributed by atoms with Crippen LogP contribution < -0.4 is 5.32 Å². The molecule has 4 nitrogen and oxygen atoms in total. The molecule has 3 aromatic rings. The first kappa shape index (κ1) is 21.6. The summed E-state index contributed by atoms with van der Waals surface area (Å²) in [7, 11) is 1.34. The molecule has 0 fully saturated rings. The molecule has 32 heavy (non-hydrogen) atoms. The van der Waals surface area contributed by atoms with E-state index in [1.165, 1.54) is 23.8 Å². The van der Waals surface area contributed by atoms with Crippen LogP contribution in [0.2, 0.25) is 0 Å². The van der Waals surface area contributed by atoms with Crippen LogP contribution in [-0.4, -0.2) is 19.0 Å². The molecule has 0 radical (unpaired) electrons. The van der Waals surface area contributed by atoms with E-state index in [1.54, 1.807) is 24.3 Å². The van der Waals surface area contributed by atoms with Gasteiger partial charge in [-0.25, -0.2) is 4.79 Å². The van der Waals surface area contributed by atoms with Gasteiger partial charge in [-0.2, -0.15) is 0 Å². The van der Waals surface area contributed by atoms with Gasteiger partial charge in [-0.05, 0) is 77.4 Å². The van der Waals surface area contributed by atoms with Gasteiger partial charge in [-0.3, -0.25) is 4.79 Å². The summed E-state index contributed by atoms with van der Waals surface area (Å²) >= 11 is 0. The normalized spacial score (nSPS) is 14.5. The Hall–Kier alpha value is -3.66. The average Bonchev–Trinajstić information content (AvgIpc) is 2.79. The molecule has 162 valence electrons. The van der Waals surface area contributed by atoms with Gasteiger partial charge in [0.1, 0.15) is 0 Å². The molecule has 4 rings (SSSR count). The maximum atomic E-state index is 13.0. The first-order valence-electron chi connectivity index (χ1n) is 10.7. The Balaban J connectivity index is 1.68. The Morgan fingerprint density at radius 1 is 0.906 bits per heavy atom. The summed E-state index contributed by atoms with van der Waals surface area (Å²) in [4.78, 5) is 24.7. The predicted molar refractivity (Wildman–Crippen MR) is 128 cm³/mol. The fraction of sp³-hybridized carbons (Fsp3) is 0.214. The lowest BCUT2D eigenvalue weighted by Gasteiger charge is -2.35. The number of carbonyl (C=O) groups excluding carboxylic acids is 2. The van der Waals surface area contributed by atoms with Crippen molar-refractivity contribution >= 4 is 23.1 Å². The number of hydrogen-bond acceptors (Lipinski definition) is 3. The fourth-order valence-electron chi connectivity index (χ4n) is 4.58. The van der Waals surface area contributed by atoms with E-state index in [9.17, 15) is 9.59 Å². The van der Waals surface area contributed by atoms with E-state index in [2.05, 4.69) is 44.3 Å². The van der Waals surface area contributed by atoms with Gasteiger partial charge in [0, 0.05) is 11.3 Å². The Morgan fingerprint density at radius 2 is 1.56 bits per heavy atom. The molecule has 0 spiro atoms. The minimum absolute atomic E-state index is 0.00355. The number of esters is 1. The molecule has 0 aliphatic heterocycles. The molecule has 1 amide bonds. The number of carbonyl (C=O) groups is 2. The number of amides is 1. The van der Waals surface area contributed by atoms with Gasteiger partial charge in [0.15, 0.2) is 0 Å². The maximum Gasteiger partial charge on any atom is 0.337 e. The van der Waals surface area contributed by atoms with Crippen molar-refractivity contribution in [3.63, 3.8) is 0 Å². The van der Waals surface area contributed by atoms with Gasteiger partial charge in [-0.15, -0.1) is 0 Å². The summed E-state index contributed by atoms with van der Waals surface area (Å²) in [5.74, 6) is -0.595. The Bertz CT molecular complexity index is 1210. The minimum atomic E-state index is -0.407. The van der Waals surface area contributed by atoms with Crippen molar-refractivity contribution in [3.8, 4) is 0 Å². The van der Waals surface area contributed by atoms with E-state index in [1.807, 2.05) is 30.3 Å². The summed E-state index contributed by atoms with van der Waals surface area (Å²) < 4.78 is 4.72. The highest BCUT2D eigenvalue weighted by Crippen LogP contribution is 2.45. The van der Waals surface area contributed by atoms with Crippen molar-refractivity contribution in [1.82, 2.24) is 0 Å². The number of methoxy groups -OCH3 is 1. The summed E-state index contributed by atoms with van der Waals surface area (Å²) in [6, 6.07) is 23.0. The highest BCUT2D eigenvalue weighted by molar-refractivity contribution is 6.05. The third-order valence-electron chi connectivity index (χ3n) is 6.04. The molecule has 0 atom stereocenters. The van der Waals surface area contributed by atoms with Crippen LogP contribution in [-0.2, 0) is 10.2 Å². The van der Waals surface area contributed by atoms with Gasteiger partial charge < -0.3 is 10.1 Å². The first-order valence-corrected chi connectivity index (χ1v) is 10.7. The molecule has 1 aliphatic rings. The molecule has 1 N–H and O–H groups in total. The molecular formula is C28H27NO3. The van der Waals surface area contributed by atoms with Crippen molar-refractivity contribution in [2.24, 2.45) is 0 Å². The molecule has 0 aromatic heterocycles. The van der Waals surface area contributed by atoms with Gasteiger partial charge >= 0.3 is 5.97 Å². The molecule has 0 unspecified atom stereocenters. The molecule has 3 aromatic carbocycles. The van der Waals surface area contributed by atoms with Gasteiger partial charge in [0.2, 0.25) is 0 Å². The van der Waals surface area contributed by atoms with Crippen LogP contribution in [0.4, 0.5) is 5.69 Å². The second kappa shape index (κ2) is 8.46. The van der Waals surface area contributed by atoms with Crippen molar-refractivity contribution < 1.29 is 14.3 Å². The largest absolute Gasteiger partial charge is 0.465 e. The van der Waals surface area contributed by atoms with Crippen LogP contribution in [0.15, 0.2) is 78.4 Å². The number of allylic oxidation sites excluding steroid dienone is 1. The lowest BCUT2D eigenvalue weighted by Crippen LogP contribution is -2.25. The molecule has 0 heterocycles. The summed E-state index contributed by atoms with van der Waals surface area (Å²) in [6.07, 6.45) is 0.975. The molecular weight excluding hydrogens is 398 g/mol. The Labute approximate surface area is 188 Å².